The van der Waals surface area contributed by atoms with Crippen LogP contribution in [-0.4, -0.2) is 53.0 Å². The van der Waals surface area contributed by atoms with Crippen molar-refractivity contribution in [1.82, 2.24) is 4.90 Å². The largest absolute Gasteiger partial charge is 0.493 e. The second-order valence-corrected chi connectivity index (χ2v) is 8.53. The molecule has 2 aromatic carbocycles. The van der Waals surface area contributed by atoms with Crippen molar-refractivity contribution in [1.29, 1.82) is 5.26 Å². The molecule has 0 saturated carbocycles. The summed E-state index contributed by atoms with van der Waals surface area (Å²) in [7, 11) is 8.07. The standard InChI is InChI=1S/C27H32N2O5/c1-30-22-10-9-17(12-23(22)31-2)20-15-19-8-6-7-11-29(19)21(16-28)26(20)18-13-24(32-3)27(34-5)25(14-18)33-4/h9-10,12-14,19-20H,6-8,11,15H2,1-5H3/t19-,20-/m1/s1. The fraction of sp³-hybridized carbons (Fsp3) is 0.444. The van der Waals surface area contributed by atoms with Gasteiger partial charge in [-0.1, -0.05) is 6.07 Å². The molecule has 2 aliphatic rings. The van der Waals surface area contributed by atoms with Crippen LogP contribution in [0.3, 0.4) is 0 Å². The van der Waals surface area contributed by atoms with Gasteiger partial charge in [-0.3, -0.25) is 0 Å². The maximum atomic E-state index is 10.4. The molecule has 0 radical (unpaired) electrons. The molecule has 2 heterocycles. The minimum atomic E-state index is -0.00314. The lowest BCUT2D eigenvalue weighted by molar-refractivity contribution is 0.177. The van der Waals surface area contributed by atoms with Gasteiger partial charge in [-0.15, -0.1) is 0 Å². The Morgan fingerprint density at radius 2 is 1.50 bits per heavy atom. The molecule has 0 amide bonds. The maximum absolute atomic E-state index is 10.4. The number of ether oxygens (including phenoxy) is 5. The number of nitriles is 1. The van der Waals surface area contributed by atoms with E-state index in [1.165, 1.54) is 6.42 Å². The zero-order chi connectivity index (χ0) is 24.2. The zero-order valence-electron chi connectivity index (χ0n) is 20.5. The lowest BCUT2D eigenvalue weighted by atomic mass is 9.76. The van der Waals surface area contributed by atoms with Crippen LogP contribution in [0.15, 0.2) is 36.0 Å². The molecule has 0 unspecified atom stereocenters. The van der Waals surface area contributed by atoms with Crippen LogP contribution in [0.4, 0.5) is 0 Å². The minimum absolute atomic E-state index is 0.00314. The van der Waals surface area contributed by atoms with Crippen molar-refractivity contribution in [2.24, 2.45) is 0 Å². The SMILES string of the molecule is COc1ccc([C@H]2C[C@H]3CCCCN3C(C#N)=C2c2cc(OC)c(OC)c(OC)c2)cc1OC. The molecule has 2 aromatic rings. The van der Waals surface area contributed by atoms with E-state index < -0.39 is 0 Å². The highest BCUT2D eigenvalue weighted by Crippen LogP contribution is 2.50. The first kappa shape index (κ1) is 23.6. The number of fused-ring (bicyclic) bond motifs is 1. The monoisotopic (exact) mass is 464 g/mol. The van der Waals surface area contributed by atoms with Gasteiger partial charge in [0.05, 0.1) is 35.5 Å². The molecule has 2 aliphatic heterocycles. The molecule has 1 fully saturated rings. The minimum Gasteiger partial charge on any atom is -0.493 e. The van der Waals surface area contributed by atoms with Crippen LogP contribution < -0.4 is 23.7 Å². The van der Waals surface area contributed by atoms with Crippen molar-refractivity contribution in [3.63, 3.8) is 0 Å². The summed E-state index contributed by atoms with van der Waals surface area (Å²) in [5.41, 5.74) is 3.64. The normalized spacial score (nSPS) is 19.7. The molecule has 2 atom stereocenters. The van der Waals surface area contributed by atoms with Crippen LogP contribution in [0.1, 0.15) is 42.7 Å². The Bertz CT molecular complexity index is 1100. The molecule has 7 heteroatoms. The first-order chi connectivity index (χ1) is 16.6. The predicted molar refractivity (Wildman–Crippen MR) is 130 cm³/mol. The van der Waals surface area contributed by atoms with E-state index in [1.807, 2.05) is 24.3 Å². The topological polar surface area (TPSA) is 73.2 Å². The summed E-state index contributed by atoms with van der Waals surface area (Å²) in [5.74, 6) is 3.01. The molecule has 4 rings (SSSR count). The van der Waals surface area contributed by atoms with Gasteiger partial charge in [-0.2, -0.15) is 5.26 Å². The van der Waals surface area contributed by atoms with Gasteiger partial charge in [0.1, 0.15) is 11.8 Å². The van der Waals surface area contributed by atoms with Crippen LogP contribution in [0.25, 0.3) is 5.57 Å². The average molecular weight is 465 g/mol. The molecule has 34 heavy (non-hydrogen) atoms. The Balaban J connectivity index is 1.95. The van der Waals surface area contributed by atoms with Gasteiger partial charge in [0.15, 0.2) is 23.0 Å². The summed E-state index contributed by atoms with van der Waals surface area (Å²) >= 11 is 0. The van der Waals surface area contributed by atoms with E-state index in [9.17, 15) is 5.26 Å². The highest BCUT2D eigenvalue weighted by Gasteiger charge is 2.38. The van der Waals surface area contributed by atoms with Crippen molar-refractivity contribution in [3.8, 4) is 34.8 Å². The Morgan fingerprint density at radius 1 is 0.824 bits per heavy atom. The highest BCUT2D eigenvalue weighted by atomic mass is 16.5. The molecule has 1 saturated heterocycles. The van der Waals surface area contributed by atoms with Crippen LogP contribution >= 0.6 is 0 Å². The number of allylic oxidation sites excluding steroid dienone is 2. The number of methoxy groups -OCH3 is 5. The van der Waals surface area contributed by atoms with E-state index in [2.05, 4.69) is 17.0 Å². The fourth-order valence-corrected chi connectivity index (χ4v) is 5.32. The molecule has 0 bridgehead atoms. The van der Waals surface area contributed by atoms with Gasteiger partial charge in [-0.25, -0.2) is 0 Å². The molecular weight excluding hydrogens is 432 g/mol. The summed E-state index contributed by atoms with van der Waals surface area (Å²) in [5, 5.41) is 10.4. The quantitative estimate of drug-likeness (QED) is 0.570. The van der Waals surface area contributed by atoms with Gasteiger partial charge in [0.2, 0.25) is 5.75 Å². The molecule has 0 aromatic heterocycles. The van der Waals surface area contributed by atoms with Crippen molar-refractivity contribution in [3.05, 3.63) is 47.2 Å². The number of benzene rings is 2. The van der Waals surface area contributed by atoms with E-state index in [-0.39, 0.29) is 5.92 Å². The van der Waals surface area contributed by atoms with Crippen molar-refractivity contribution in [2.75, 3.05) is 42.1 Å². The Hall–Kier alpha value is -3.53. The predicted octanol–water partition coefficient (Wildman–Crippen LogP) is 5.01. The summed E-state index contributed by atoms with van der Waals surface area (Å²) in [4.78, 5) is 2.29. The Morgan fingerprint density at radius 3 is 2.09 bits per heavy atom. The number of hydrogen-bond donors (Lipinski definition) is 0. The highest BCUT2D eigenvalue weighted by molar-refractivity contribution is 5.80. The number of hydrogen-bond acceptors (Lipinski definition) is 7. The molecule has 180 valence electrons. The van der Waals surface area contributed by atoms with Gasteiger partial charge in [-0.05, 0) is 61.1 Å². The van der Waals surface area contributed by atoms with Gasteiger partial charge in [0, 0.05) is 24.1 Å². The summed E-state index contributed by atoms with van der Waals surface area (Å²) in [6, 6.07) is 12.8. The lowest BCUT2D eigenvalue weighted by Gasteiger charge is -2.44. The third-order valence-electron chi connectivity index (χ3n) is 6.92. The van der Waals surface area contributed by atoms with E-state index in [0.29, 0.717) is 40.5 Å². The molecule has 0 aliphatic carbocycles. The van der Waals surface area contributed by atoms with Crippen LogP contribution in [0.2, 0.25) is 0 Å². The van der Waals surface area contributed by atoms with E-state index >= 15 is 0 Å². The fourth-order valence-electron chi connectivity index (χ4n) is 5.32. The van der Waals surface area contributed by atoms with Gasteiger partial charge in [0.25, 0.3) is 0 Å². The average Bonchev–Trinajstić information content (AvgIpc) is 2.90. The maximum Gasteiger partial charge on any atom is 0.203 e. The van der Waals surface area contributed by atoms with E-state index in [4.69, 9.17) is 23.7 Å². The smallest absolute Gasteiger partial charge is 0.203 e. The Labute approximate surface area is 201 Å². The van der Waals surface area contributed by atoms with Crippen LogP contribution in [0.5, 0.6) is 28.7 Å². The third-order valence-corrected chi connectivity index (χ3v) is 6.92. The zero-order valence-corrected chi connectivity index (χ0v) is 20.5. The van der Waals surface area contributed by atoms with Gasteiger partial charge < -0.3 is 28.6 Å². The molecular formula is C27H32N2O5. The second-order valence-electron chi connectivity index (χ2n) is 8.53. The van der Waals surface area contributed by atoms with E-state index in [0.717, 1.165) is 42.5 Å². The van der Waals surface area contributed by atoms with Crippen molar-refractivity contribution >= 4 is 5.57 Å². The van der Waals surface area contributed by atoms with Gasteiger partial charge >= 0.3 is 0 Å². The first-order valence-corrected chi connectivity index (χ1v) is 11.5. The number of piperidine rings is 1. The third kappa shape index (κ3) is 4.09. The Kier molecular flexibility index (Phi) is 7.06. The second kappa shape index (κ2) is 10.2. The van der Waals surface area contributed by atoms with Crippen molar-refractivity contribution < 1.29 is 23.7 Å². The van der Waals surface area contributed by atoms with E-state index in [1.54, 1.807) is 35.5 Å². The summed E-state index contributed by atoms with van der Waals surface area (Å²) < 4.78 is 27.9. The van der Waals surface area contributed by atoms with Crippen LogP contribution in [-0.2, 0) is 0 Å². The number of nitrogens with zero attached hydrogens (tertiary/aromatic N) is 2. The van der Waals surface area contributed by atoms with Crippen molar-refractivity contribution in [2.45, 2.75) is 37.6 Å². The molecule has 7 nitrogen and oxygen atoms in total. The lowest BCUT2D eigenvalue weighted by Crippen LogP contribution is -2.43. The summed E-state index contributed by atoms with van der Waals surface area (Å²) in [6.45, 7) is 0.889. The number of rotatable bonds is 7. The first-order valence-electron chi connectivity index (χ1n) is 11.5. The molecule has 0 N–H and O–H groups in total. The summed E-state index contributed by atoms with van der Waals surface area (Å²) in [6.07, 6.45) is 4.26. The van der Waals surface area contributed by atoms with Crippen LogP contribution in [0, 0.1) is 11.3 Å². The molecule has 0 spiro atoms.